The van der Waals surface area contributed by atoms with E-state index in [0.29, 0.717) is 13.2 Å². The average Bonchev–Trinajstić information content (AvgIpc) is 2.75. The second kappa shape index (κ2) is 11.2. The zero-order chi connectivity index (χ0) is 21.3. The van der Waals surface area contributed by atoms with Crippen LogP contribution >= 0.6 is 0 Å². The van der Waals surface area contributed by atoms with Crippen molar-refractivity contribution in [2.24, 2.45) is 0 Å². The summed E-state index contributed by atoms with van der Waals surface area (Å²) in [7, 11) is 1.56. The summed E-state index contributed by atoms with van der Waals surface area (Å²) in [4.78, 5) is 11.7. The molecule has 0 saturated carbocycles. The maximum atomic E-state index is 11.7. The Labute approximate surface area is 176 Å². The summed E-state index contributed by atoms with van der Waals surface area (Å²) in [6, 6.07) is 18.7. The highest BCUT2D eigenvalue weighted by Crippen LogP contribution is 2.26. The molecule has 1 amide bonds. The van der Waals surface area contributed by atoms with Crippen LogP contribution < -0.4 is 5.32 Å². The van der Waals surface area contributed by atoms with E-state index in [1.165, 1.54) is 6.92 Å². The molecule has 7 heteroatoms. The highest BCUT2D eigenvalue weighted by atomic mass is 16.7. The van der Waals surface area contributed by atoms with Crippen LogP contribution in [0.25, 0.3) is 0 Å². The molecule has 5 atom stereocenters. The molecule has 2 aromatic rings. The molecule has 1 aliphatic rings. The summed E-state index contributed by atoms with van der Waals surface area (Å²) in [6.07, 6.45) is -2.95. The maximum Gasteiger partial charge on any atom is 0.217 e. The number of hydrogen-bond acceptors (Lipinski definition) is 6. The predicted molar refractivity (Wildman–Crippen MR) is 110 cm³/mol. The van der Waals surface area contributed by atoms with E-state index >= 15 is 0 Å². The lowest BCUT2D eigenvalue weighted by Crippen LogP contribution is -2.65. The normalized spacial score (nSPS) is 26.3. The number of hydrogen-bond donors (Lipinski definition) is 2. The summed E-state index contributed by atoms with van der Waals surface area (Å²) in [5.74, 6) is -0.287. The highest BCUT2D eigenvalue weighted by Gasteiger charge is 2.47. The van der Waals surface area contributed by atoms with Crippen LogP contribution in [0.2, 0.25) is 0 Å². The van der Waals surface area contributed by atoms with E-state index in [2.05, 4.69) is 5.32 Å². The first kappa shape index (κ1) is 22.4. The van der Waals surface area contributed by atoms with Crippen molar-refractivity contribution in [3.63, 3.8) is 0 Å². The van der Waals surface area contributed by atoms with Crippen LogP contribution in [-0.2, 0) is 37.0 Å². The van der Waals surface area contributed by atoms with Crippen LogP contribution in [0.1, 0.15) is 18.1 Å². The molecule has 2 N–H and O–H groups in total. The Kier molecular flexibility index (Phi) is 8.36. The molecule has 1 aliphatic heterocycles. The van der Waals surface area contributed by atoms with Crippen molar-refractivity contribution >= 4 is 5.91 Å². The highest BCUT2D eigenvalue weighted by molar-refractivity contribution is 5.73. The van der Waals surface area contributed by atoms with E-state index in [1.54, 1.807) is 7.11 Å². The number of carbonyl (C=O) groups is 1. The molecule has 0 spiro atoms. The lowest BCUT2D eigenvalue weighted by atomic mass is 9.96. The molecule has 0 aliphatic carbocycles. The van der Waals surface area contributed by atoms with Crippen molar-refractivity contribution in [2.45, 2.75) is 50.8 Å². The molecule has 2 aromatic carbocycles. The van der Waals surface area contributed by atoms with Crippen LogP contribution in [0, 0.1) is 0 Å². The number of amides is 1. The molecule has 30 heavy (non-hydrogen) atoms. The number of carbonyl (C=O) groups excluding carboxylic acids is 1. The number of methoxy groups -OCH3 is 1. The molecule has 0 radical (unpaired) electrons. The number of nitrogens with one attached hydrogen (secondary N) is 1. The second-order valence-electron chi connectivity index (χ2n) is 7.25. The maximum absolute atomic E-state index is 11.7. The molecule has 0 aromatic heterocycles. The lowest BCUT2D eigenvalue weighted by molar-refractivity contribution is -0.271. The van der Waals surface area contributed by atoms with E-state index in [9.17, 15) is 9.90 Å². The van der Waals surface area contributed by atoms with Gasteiger partial charge in [-0.15, -0.1) is 0 Å². The quantitative estimate of drug-likeness (QED) is 0.652. The standard InChI is InChI=1S/C23H29NO6/c1-16(25)24-20-22(29-14-18-11-7-4-8-12-18)21(27-2)19(30-23(20)26)15-28-13-17-9-5-3-6-10-17/h3-12,19-23,26H,13-15H2,1-2H3,(H,24,25)/t19-,20-,21-,22-,23+/m1/s1. The number of rotatable bonds is 9. The van der Waals surface area contributed by atoms with Gasteiger partial charge in [0.15, 0.2) is 6.29 Å². The Bertz CT molecular complexity index is 772. The first-order chi connectivity index (χ1) is 14.6. The molecule has 1 fully saturated rings. The van der Waals surface area contributed by atoms with Crippen LogP contribution in [-0.4, -0.2) is 55.4 Å². The van der Waals surface area contributed by atoms with Crippen molar-refractivity contribution in [1.82, 2.24) is 5.32 Å². The Morgan fingerprint density at radius 3 is 2.17 bits per heavy atom. The molecular weight excluding hydrogens is 386 g/mol. The van der Waals surface area contributed by atoms with Crippen molar-refractivity contribution in [1.29, 1.82) is 0 Å². The van der Waals surface area contributed by atoms with Gasteiger partial charge in [0.05, 0.1) is 19.8 Å². The summed E-state index contributed by atoms with van der Waals surface area (Å²) < 4.78 is 23.3. The summed E-state index contributed by atoms with van der Waals surface area (Å²) in [5, 5.41) is 13.3. The monoisotopic (exact) mass is 415 g/mol. The van der Waals surface area contributed by atoms with Gasteiger partial charge in [0.2, 0.25) is 5.91 Å². The van der Waals surface area contributed by atoms with E-state index < -0.39 is 30.6 Å². The van der Waals surface area contributed by atoms with Crippen molar-refractivity contribution in [3.8, 4) is 0 Å². The molecule has 1 saturated heterocycles. The molecule has 3 rings (SSSR count). The fourth-order valence-corrected chi connectivity index (χ4v) is 3.56. The molecule has 1 heterocycles. The van der Waals surface area contributed by atoms with Crippen molar-refractivity contribution < 1.29 is 28.8 Å². The summed E-state index contributed by atoms with van der Waals surface area (Å²) in [5.41, 5.74) is 2.02. The Hall–Kier alpha value is -2.29. The van der Waals surface area contributed by atoms with E-state index in [4.69, 9.17) is 18.9 Å². The smallest absolute Gasteiger partial charge is 0.217 e. The van der Waals surface area contributed by atoms with Gasteiger partial charge >= 0.3 is 0 Å². The third-order valence-corrected chi connectivity index (χ3v) is 4.99. The predicted octanol–water partition coefficient (Wildman–Crippen LogP) is 2.03. The fourth-order valence-electron chi connectivity index (χ4n) is 3.56. The van der Waals surface area contributed by atoms with Gasteiger partial charge in [0, 0.05) is 14.0 Å². The van der Waals surface area contributed by atoms with Gasteiger partial charge in [0.25, 0.3) is 0 Å². The largest absolute Gasteiger partial charge is 0.376 e. The third-order valence-electron chi connectivity index (χ3n) is 4.99. The Morgan fingerprint density at radius 1 is 1.00 bits per heavy atom. The molecular formula is C23H29NO6. The zero-order valence-electron chi connectivity index (χ0n) is 17.3. The number of ether oxygens (including phenoxy) is 4. The molecule has 7 nitrogen and oxygen atoms in total. The zero-order valence-corrected chi connectivity index (χ0v) is 17.3. The Balaban J connectivity index is 1.68. The first-order valence-corrected chi connectivity index (χ1v) is 9.99. The topological polar surface area (TPSA) is 86.3 Å². The van der Waals surface area contributed by atoms with Gasteiger partial charge < -0.3 is 29.4 Å². The number of benzene rings is 2. The van der Waals surface area contributed by atoms with Gasteiger partial charge in [-0.25, -0.2) is 0 Å². The van der Waals surface area contributed by atoms with Gasteiger partial charge in [0.1, 0.15) is 24.4 Å². The van der Waals surface area contributed by atoms with Crippen LogP contribution in [0.4, 0.5) is 0 Å². The minimum Gasteiger partial charge on any atom is -0.376 e. The van der Waals surface area contributed by atoms with Gasteiger partial charge in [-0.1, -0.05) is 60.7 Å². The summed E-state index contributed by atoms with van der Waals surface area (Å²) in [6.45, 7) is 2.32. The first-order valence-electron chi connectivity index (χ1n) is 9.99. The van der Waals surface area contributed by atoms with Gasteiger partial charge in [-0.05, 0) is 11.1 Å². The van der Waals surface area contributed by atoms with Crippen LogP contribution in [0.3, 0.4) is 0 Å². The molecule has 162 valence electrons. The van der Waals surface area contributed by atoms with Gasteiger partial charge in [-0.2, -0.15) is 0 Å². The van der Waals surface area contributed by atoms with E-state index in [0.717, 1.165) is 11.1 Å². The van der Waals surface area contributed by atoms with E-state index in [-0.39, 0.29) is 12.5 Å². The minimum atomic E-state index is -1.24. The second-order valence-corrected chi connectivity index (χ2v) is 7.25. The average molecular weight is 415 g/mol. The SMILES string of the molecule is CO[C@H]1[C@H](OCc2ccccc2)[C@@H](NC(C)=O)[C@@H](O)O[C@@H]1COCc1ccccc1. The van der Waals surface area contributed by atoms with Crippen molar-refractivity contribution in [3.05, 3.63) is 71.8 Å². The minimum absolute atomic E-state index is 0.211. The van der Waals surface area contributed by atoms with Gasteiger partial charge in [-0.3, -0.25) is 4.79 Å². The van der Waals surface area contributed by atoms with E-state index in [1.807, 2.05) is 60.7 Å². The summed E-state index contributed by atoms with van der Waals surface area (Å²) >= 11 is 0. The fraction of sp³-hybridized carbons (Fsp3) is 0.435. The lowest BCUT2D eigenvalue weighted by Gasteiger charge is -2.44. The Morgan fingerprint density at radius 2 is 1.60 bits per heavy atom. The van der Waals surface area contributed by atoms with Crippen LogP contribution in [0.5, 0.6) is 0 Å². The third kappa shape index (κ3) is 6.10. The van der Waals surface area contributed by atoms with Crippen LogP contribution in [0.15, 0.2) is 60.7 Å². The molecule has 0 bridgehead atoms. The molecule has 0 unspecified atom stereocenters. The number of aliphatic hydroxyl groups excluding tert-OH is 1. The van der Waals surface area contributed by atoms with Crippen molar-refractivity contribution in [2.75, 3.05) is 13.7 Å². The number of aliphatic hydroxyl groups is 1.